The van der Waals surface area contributed by atoms with Crippen LogP contribution in [0.1, 0.15) is 18.5 Å². The summed E-state index contributed by atoms with van der Waals surface area (Å²) in [6.45, 7) is 1.91. The SMILES string of the molecule is CC(c1ccccc1F)N(C)c1cncc(N)n1. The first-order valence-electron chi connectivity index (χ1n) is 5.64. The van der Waals surface area contributed by atoms with Crippen LogP contribution in [0.15, 0.2) is 36.7 Å². The maximum absolute atomic E-state index is 13.7. The molecule has 18 heavy (non-hydrogen) atoms. The van der Waals surface area contributed by atoms with E-state index in [4.69, 9.17) is 5.73 Å². The molecule has 2 aromatic rings. The quantitative estimate of drug-likeness (QED) is 0.903. The largest absolute Gasteiger partial charge is 0.382 e. The molecule has 0 bridgehead atoms. The van der Waals surface area contributed by atoms with E-state index in [1.54, 1.807) is 18.3 Å². The second-order valence-electron chi connectivity index (χ2n) is 4.11. The third-order valence-corrected chi connectivity index (χ3v) is 2.94. The monoisotopic (exact) mass is 246 g/mol. The van der Waals surface area contributed by atoms with E-state index in [1.807, 2.05) is 24.9 Å². The number of hydrogen-bond donors (Lipinski definition) is 1. The highest BCUT2D eigenvalue weighted by molar-refractivity contribution is 5.43. The van der Waals surface area contributed by atoms with Crippen LogP contribution in [0.2, 0.25) is 0 Å². The van der Waals surface area contributed by atoms with Crippen molar-refractivity contribution in [2.24, 2.45) is 0 Å². The molecule has 0 fully saturated rings. The van der Waals surface area contributed by atoms with Crippen LogP contribution in [0, 0.1) is 5.82 Å². The molecule has 0 saturated carbocycles. The summed E-state index contributed by atoms with van der Waals surface area (Å²) in [6.07, 6.45) is 3.08. The molecule has 0 aliphatic carbocycles. The van der Waals surface area contributed by atoms with Crippen molar-refractivity contribution in [3.05, 3.63) is 48.0 Å². The Hall–Kier alpha value is -2.17. The lowest BCUT2D eigenvalue weighted by Crippen LogP contribution is -2.23. The van der Waals surface area contributed by atoms with E-state index in [1.165, 1.54) is 12.3 Å². The first kappa shape index (κ1) is 12.3. The molecule has 2 rings (SSSR count). The molecule has 4 nitrogen and oxygen atoms in total. The Morgan fingerprint density at radius 2 is 2.00 bits per heavy atom. The fraction of sp³-hybridized carbons (Fsp3) is 0.231. The van der Waals surface area contributed by atoms with E-state index in [0.29, 0.717) is 17.2 Å². The highest BCUT2D eigenvalue weighted by Gasteiger charge is 2.16. The van der Waals surface area contributed by atoms with Gasteiger partial charge in [0.25, 0.3) is 0 Å². The third-order valence-electron chi connectivity index (χ3n) is 2.94. The molecule has 1 heterocycles. The van der Waals surface area contributed by atoms with E-state index >= 15 is 0 Å². The zero-order valence-electron chi connectivity index (χ0n) is 10.3. The molecule has 0 radical (unpaired) electrons. The molecule has 0 aliphatic rings. The number of nitrogens with zero attached hydrogens (tertiary/aromatic N) is 3. The molecule has 0 saturated heterocycles. The Morgan fingerprint density at radius 1 is 1.28 bits per heavy atom. The number of anilines is 2. The standard InChI is InChI=1S/C13H15FN4/c1-9(10-5-3-4-6-11(10)14)18(2)13-8-16-7-12(15)17-13/h3-9H,1-2H3,(H2,15,17). The topological polar surface area (TPSA) is 55.0 Å². The summed E-state index contributed by atoms with van der Waals surface area (Å²) >= 11 is 0. The molecule has 0 spiro atoms. The van der Waals surface area contributed by atoms with Gasteiger partial charge in [-0.3, -0.25) is 4.98 Å². The van der Waals surface area contributed by atoms with E-state index in [2.05, 4.69) is 9.97 Å². The molecule has 1 aromatic carbocycles. The van der Waals surface area contributed by atoms with Gasteiger partial charge in [-0.25, -0.2) is 9.37 Å². The average Bonchev–Trinajstić information content (AvgIpc) is 2.37. The molecular formula is C13H15FN4. The van der Waals surface area contributed by atoms with Gasteiger partial charge >= 0.3 is 0 Å². The molecule has 1 atom stereocenters. The van der Waals surface area contributed by atoms with Crippen LogP contribution < -0.4 is 10.6 Å². The van der Waals surface area contributed by atoms with Crippen LogP contribution in [-0.2, 0) is 0 Å². The van der Waals surface area contributed by atoms with Crippen LogP contribution in [0.5, 0.6) is 0 Å². The fourth-order valence-electron chi connectivity index (χ4n) is 1.76. The number of aromatic nitrogens is 2. The summed E-state index contributed by atoms with van der Waals surface area (Å²) in [5, 5.41) is 0. The van der Waals surface area contributed by atoms with Crippen molar-refractivity contribution in [1.82, 2.24) is 9.97 Å². The molecule has 94 valence electrons. The second kappa shape index (κ2) is 5.00. The van der Waals surface area contributed by atoms with Gasteiger partial charge < -0.3 is 10.6 Å². The van der Waals surface area contributed by atoms with Crippen molar-refractivity contribution in [2.75, 3.05) is 17.7 Å². The van der Waals surface area contributed by atoms with E-state index in [9.17, 15) is 4.39 Å². The summed E-state index contributed by atoms with van der Waals surface area (Å²) in [4.78, 5) is 9.98. The molecule has 1 aromatic heterocycles. The average molecular weight is 246 g/mol. The van der Waals surface area contributed by atoms with Gasteiger partial charge in [-0.15, -0.1) is 0 Å². The molecular weight excluding hydrogens is 231 g/mol. The summed E-state index contributed by atoms with van der Waals surface area (Å²) in [7, 11) is 1.83. The smallest absolute Gasteiger partial charge is 0.149 e. The molecule has 5 heteroatoms. The molecule has 2 N–H and O–H groups in total. The minimum Gasteiger partial charge on any atom is -0.382 e. The van der Waals surface area contributed by atoms with Crippen molar-refractivity contribution in [2.45, 2.75) is 13.0 Å². The molecule has 0 aliphatic heterocycles. The lowest BCUT2D eigenvalue weighted by atomic mass is 10.1. The predicted octanol–water partition coefficient (Wildman–Crippen LogP) is 2.40. The number of benzene rings is 1. The number of nitrogens with two attached hydrogens (primary N) is 1. The Labute approximate surface area is 105 Å². The number of hydrogen-bond acceptors (Lipinski definition) is 4. The third kappa shape index (κ3) is 2.40. The van der Waals surface area contributed by atoms with Gasteiger partial charge in [-0.2, -0.15) is 0 Å². The lowest BCUT2D eigenvalue weighted by Gasteiger charge is -2.26. The highest BCUT2D eigenvalue weighted by atomic mass is 19.1. The minimum absolute atomic E-state index is 0.151. The minimum atomic E-state index is -0.228. The zero-order valence-corrected chi connectivity index (χ0v) is 10.3. The van der Waals surface area contributed by atoms with Crippen LogP contribution in [-0.4, -0.2) is 17.0 Å². The fourth-order valence-corrected chi connectivity index (χ4v) is 1.76. The Kier molecular flexibility index (Phi) is 3.41. The van der Waals surface area contributed by atoms with Crippen molar-refractivity contribution in [3.8, 4) is 0 Å². The van der Waals surface area contributed by atoms with Crippen LogP contribution in [0.4, 0.5) is 16.0 Å². The van der Waals surface area contributed by atoms with Gasteiger partial charge in [-0.1, -0.05) is 18.2 Å². The van der Waals surface area contributed by atoms with Crippen LogP contribution in [0.3, 0.4) is 0 Å². The summed E-state index contributed by atoms with van der Waals surface area (Å²) in [6, 6.07) is 6.54. The maximum atomic E-state index is 13.7. The summed E-state index contributed by atoms with van der Waals surface area (Å²) in [5.41, 5.74) is 6.21. The van der Waals surface area contributed by atoms with Crippen molar-refractivity contribution in [1.29, 1.82) is 0 Å². The van der Waals surface area contributed by atoms with Gasteiger partial charge in [0, 0.05) is 12.6 Å². The van der Waals surface area contributed by atoms with Gasteiger partial charge in [0.2, 0.25) is 0 Å². The van der Waals surface area contributed by atoms with Crippen LogP contribution >= 0.6 is 0 Å². The summed E-state index contributed by atoms with van der Waals surface area (Å²) in [5.74, 6) is 0.736. The van der Waals surface area contributed by atoms with Gasteiger partial charge in [0.1, 0.15) is 17.5 Å². The molecule has 0 amide bonds. The Bertz CT molecular complexity index is 544. The van der Waals surface area contributed by atoms with E-state index < -0.39 is 0 Å². The Morgan fingerprint density at radius 3 is 2.67 bits per heavy atom. The molecule has 1 unspecified atom stereocenters. The number of halogens is 1. The number of nitrogen functional groups attached to an aromatic ring is 1. The first-order chi connectivity index (χ1) is 8.59. The Balaban J connectivity index is 2.29. The van der Waals surface area contributed by atoms with Crippen molar-refractivity contribution in [3.63, 3.8) is 0 Å². The van der Waals surface area contributed by atoms with E-state index in [0.717, 1.165) is 0 Å². The summed E-state index contributed by atoms with van der Waals surface area (Å²) < 4.78 is 13.7. The van der Waals surface area contributed by atoms with E-state index in [-0.39, 0.29) is 11.9 Å². The van der Waals surface area contributed by atoms with Gasteiger partial charge in [0.05, 0.1) is 18.4 Å². The van der Waals surface area contributed by atoms with Gasteiger partial charge in [0.15, 0.2) is 0 Å². The predicted molar refractivity (Wildman–Crippen MR) is 69.7 cm³/mol. The van der Waals surface area contributed by atoms with Crippen molar-refractivity contribution >= 4 is 11.6 Å². The van der Waals surface area contributed by atoms with Gasteiger partial charge in [-0.05, 0) is 13.0 Å². The zero-order chi connectivity index (χ0) is 13.1. The van der Waals surface area contributed by atoms with Crippen LogP contribution in [0.25, 0.3) is 0 Å². The number of rotatable bonds is 3. The maximum Gasteiger partial charge on any atom is 0.149 e. The highest BCUT2D eigenvalue weighted by Crippen LogP contribution is 2.25. The first-order valence-corrected chi connectivity index (χ1v) is 5.64. The lowest BCUT2D eigenvalue weighted by molar-refractivity contribution is 0.584. The second-order valence-corrected chi connectivity index (χ2v) is 4.11. The normalized spacial score (nSPS) is 12.2. The van der Waals surface area contributed by atoms with Crippen molar-refractivity contribution < 1.29 is 4.39 Å².